The zero-order valence-corrected chi connectivity index (χ0v) is 29.4. The molecule has 1 aromatic rings. The van der Waals surface area contributed by atoms with Gasteiger partial charge >= 0.3 is 10.4 Å². The molecule has 8 atom stereocenters. The molecule has 0 radical (unpaired) electrons. The predicted octanol–water partition coefficient (Wildman–Crippen LogP) is 7.39. The number of fused-ring (bicyclic) bond motifs is 4. The summed E-state index contributed by atoms with van der Waals surface area (Å²) in [6.07, 6.45) is 11.5. The average Bonchev–Trinajstić information content (AvgIpc) is 3.02. The van der Waals surface area contributed by atoms with Crippen molar-refractivity contribution in [3.8, 4) is 11.5 Å². The van der Waals surface area contributed by atoms with Gasteiger partial charge < -0.3 is 24.2 Å². The van der Waals surface area contributed by atoms with E-state index in [4.69, 9.17) is 9.29 Å². The highest BCUT2D eigenvalue weighted by molar-refractivity contribution is 7.81. The van der Waals surface area contributed by atoms with E-state index in [1.165, 1.54) is 18.2 Å². The van der Waals surface area contributed by atoms with Crippen LogP contribution in [0.2, 0.25) is 0 Å². The zero-order chi connectivity index (χ0) is 33.3. The van der Waals surface area contributed by atoms with Gasteiger partial charge in [0.05, 0.1) is 22.9 Å². The van der Waals surface area contributed by atoms with Crippen molar-refractivity contribution in [3.05, 3.63) is 23.8 Å². The van der Waals surface area contributed by atoms with Gasteiger partial charge in [-0.15, -0.1) is 0 Å². The van der Waals surface area contributed by atoms with Gasteiger partial charge in [-0.2, -0.15) is 8.42 Å². The summed E-state index contributed by atoms with van der Waals surface area (Å²) in [5.74, 6) is 0.371. The number of phenols is 1. The molecule has 256 valence electrons. The molecule has 5 fully saturated rings. The van der Waals surface area contributed by atoms with E-state index in [0.717, 1.165) is 64.2 Å². The van der Waals surface area contributed by atoms with Crippen molar-refractivity contribution < 1.29 is 37.2 Å². The molecule has 45 heavy (non-hydrogen) atoms. The SMILES string of the molecule is C[C@H]1CC[C@@H]2OC(C)(C)CCC[C@@]2(C)[C@]1(O)CCCCC1(C)CC2(O)CCC1C(C)(C)C2Cc1cc(OS(=O)(=O)O)ccc1O. The summed E-state index contributed by atoms with van der Waals surface area (Å²) >= 11 is 0. The van der Waals surface area contributed by atoms with Gasteiger partial charge in [-0.25, -0.2) is 0 Å². The third-order valence-electron chi connectivity index (χ3n) is 13.4. The van der Waals surface area contributed by atoms with Crippen molar-refractivity contribution in [2.45, 2.75) is 155 Å². The predicted molar refractivity (Wildman–Crippen MR) is 174 cm³/mol. The Balaban J connectivity index is 1.28. The summed E-state index contributed by atoms with van der Waals surface area (Å²) in [6.45, 7) is 15.6. The fourth-order valence-corrected chi connectivity index (χ4v) is 11.5. The van der Waals surface area contributed by atoms with E-state index in [2.05, 4.69) is 52.6 Å². The van der Waals surface area contributed by atoms with Crippen LogP contribution in [0.1, 0.15) is 131 Å². The second-order valence-electron chi connectivity index (χ2n) is 17.2. The first-order chi connectivity index (χ1) is 20.6. The third-order valence-corrected chi connectivity index (χ3v) is 13.8. The van der Waals surface area contributed by atoms with Crippen molar-refractivity contribution >= 4 is 10.4 Å². The Morgan fingerprint density at radius 2 is 1.64 bits per heavy atom. The highest BCUT2D eigenvalue weighted by Crippen LogP contribution is 2.67. The summed E-state index contributed by atoms with van der Waals surface area (Å²) < 4.78 is 43.0. The largest absolute Gasteiger partial charge is 0.508 e. The van der Waals surface area contributed by atoms with Crippen LogP contribution in [0.4, 0.5) is 0 Å². The van der Waals surface area contributed by atoms with Gasteiger partial charge in [-0.05, 0) is 137 Å². The van der Waals surface area contributed by atoms with E-state index in [1.54, 1.807) is 0 Å². The molecule has 8 nitrogen and oxygen atoms in total. The molecular weight excluding hydrogens is 592 g/mol. The summed E-state index contributed by atoms with van der Waals surface area (Å²) in [5, 5.41) is 35.3. The Hall–Kier alpha value is -1.39. The van der Waals surface area contributed by atoms with E-state index in [1.807, 2.05) is 0 Å². The molecule has 5 aliphatic rings. The number of ether oxygens (including phenoxy) is 1. The first-order valence-corrected chi connectivity index (χ1v) is 18.6. The van der Waals surface area contributed by atoms with Gasteiger partial charge in [0.25, 0.3) is 0 Å². The molecule has 0 aromatic heterocycles. The Morgan fingerprint density at radius 3 is 2.31 bits per heavy atom. The smallest absolute Gasteiger partial charge is 0.446 e. The standard InChI is InChI=1S/C36H58O8S/c1-24-11-14-30-34(7,18-10-16-31(2,3)43-30)36(24,39)19-9-8-17-33(6)23-35(38)20-15-28(33)32(4,5)29(35)22-25-21-26(12-13-27(25)37)44-45(40,41)42/h12-13,21,24,28-30,37-39H,8-11,14-20,22-23H2,1-7H3,(H,40,41,42)/t24-,28?,29?,30-,33?,34+,35?,36-/m0/s1. The highest BCUT2D eigenvalue weighted by atomic mass is 32.3. The molecule has 4 unspecified atom stereocenters. The van der Waals surface area contributed by atoms with Crippen molar-refractivity contribution in [1.82, 2.24) is 0 Å². The topological polar surface area (TPSA) is 134 Å². The lowest BCUT2D eigenvalue weighted by atomic mass is 9.40. The molecule has 1 aromatic carbocycles. The van der Waals surface area contributed by atoms with Crippen LogP contribution in [-0.4, -0.2) is 51.2 Å². The third kappa shape index (κ3) is 6.42. The van der Waals surface area contributed by atoms with E-state index in [-0.39, 0.29) is 51.3 Å². The molecule has 9 heteroatoms. The maximum Gasteiger partial charge on any atom is 0.446 e. The van der Waals surface area contributed by atoms with Crippen molar-refractivity contribution in [3.63, 3.8) is 0 Å². The molecule has 2 bridgehead atoms. The second-order valence-corrected chi connectivity index (χ2v) is 18.2. The number of benzene rings is 1. The summed E-state index contributed by atoms with van der Waals surface area (Å²) in [6, 6.07) is 4.10. The molecule has 4 aliphatic carbocycles. The average molecular weight is 651 g/mol. The number of rotatable bonds is 9. The molecule has 1 aliphatic heterocycles. The lowest BCUT2D eigenvalue weighted by Gasteiger charge is -2.66. The van der Waals surface area contributed by atoms with Crippen molar-refractivity contribution in [1.29, 1.82) is 0 Å². The lowest BCUT2D eigenvalue weighted by molar-refractivity contribution is -0.230. The second kappa shape index (κ2) is 11.6. The Labute approximate surface area is 271 Å². The van der Waals surface area contributed by atoms with Crippen LogP contribution < -0.4 is 4.18 Å². The first-order valence-electron chi connectivity index (χ1n) is 17.3. The Morgan fingerprint density at radius 1 is 0.956 bits per heavy atom. The molecule has 0 spiro atoms. The summed E-state index contributed by atoms with van der Waals surface area (Å²) in [7, 11) is -4.69. The van der Waals surface area contributed by atoms with Crippen LogP contribution in [0, 0.1) is 34.0 Å². The van der Waals surface area contributed by atoms with Gasteiger partial charge in [-0.1, -0.05) is 47.5 Å². The minimum absolute atomic E-state index is 0.00902. The van der Waals surface area contributed by atoms with Crippen molar-refractivity contribution in [2.24, 2.45) is 34.0 Å². The van der Waals surface area contributed by atoms with Gasteiger partial charge in [0.15, 0.2) is 0 Å². The maximum absolute atomic E-state index is 12.4. The summed E-state index contributed by atoms with van der Waals surface area (Å²) in [5.41, 5.74) is -1.92. The van der Waals surface area contributed by atoms with Crippen LogP contribution in [0.5, 0.6) is 11.5 Å². The van der Waals surface area contributed by atoms with Gasteiger partial charge in [-0.3, -0.25) is 4.55 Å². The van der Waals surface area contributed by atoms with E-state index in [0.29, 0.717) is 30.7 Å². The van der Waals surface area contributed by atoms with Crippen LogP contribution in [-0.2, 0) is 21.6 Å². The quantitative estimate of drug-likeness (QED) is 0.161. The molecule has 4 saturated carbocycles. The number of unbranched alkanes of at least 4 members (excludes halogenated alkanes) is 1. The normalized spacial score (nSPS) is 40.8. The van der Waals surface area contributed by atoms with Crippen LogP contribution >= 0.6 is 0 Å². The van der Waals surface area contributed by atoms with Crippen molar-refractivity contribution in [2.75, 3.05) is 0 Å². The minimum Gasteiger partial charge on any atom is -0.508 e. The van der Waals surface area contributed by atoms with Gasteiger partial charge in [0.2, 0.25) is 0 Å². The number of aromatic hydroxyl groups is 1. The summed E-state index contributed by atoms with van der Waals surface area (Å²) in [4.78, 5) is 0. The molecule has 4 N–H and O–H groups in total. The van der Waals surface area contributed by atoms with Gasteiger partial charge in [0.1, 0.15) is 11.5 Å². The number of hydrogen-bond acceptors (Lipinski definition) is 7. The molecule has 6 rings (SSSR count). The monoisotopic (exact) mass is 650 g/mol. The minimum atomic E-state index is -4.69. The van der Waals surface area contributed by atoms with Crippen LogP contribution in [0.25, 0.3) is 0 Å². The maximum atomic E-state index is 12.4. The molecular formula is C36H58O8S. The Bertz CT molecular complexity index is 1350. The number of phenolic OH excluding ortho intramolecular Hbond substituents is 1. The molecule has 1 heterocycles. The number of hydrogen-bond donors (Lipinski definition) is 4. The van der Waals surface area contributed by atoms with E-state index >= 15 is 0 Å². The van der Waals surface area contributed by atoms with Crippen LogP contribution in [0.15, 0.2) is 18.2 Å². The van der Waals surface area contributed by atoms with E-state index in [9.17, 15) is 23.7 Å². The number of aliphatic hydroxyl groups is 2. The van der Waals surface area contributed by atoms with E-state index < -0.39 is 21.6 Å². The van der Waals surface area contributed by atoms with Crippen LogP contribution in [0.3, 0.4) is 0 Å². The first kappa shape index (κ1) is 34.9. The van der Waals surface area contributed by atoms with Gasteiger partial charge in [0, 0.05) is 5.41 Å². The highest BCUT2D eigenvalue weighted by Gasteiger charge is 2.64. The molecule has 0 amide bonds. The fourth-order valence-electron chi connectivity index (χ4n) is 11.1. The lowest BCUT2D eigenvalue weighted by Crippen LogP contribution is -2.64. The Kier molecular flexibility index (Phi) is 9.04. The molecule has 1 saturated heterocycles. The zero-order valence-electron chi connectivity index (χ0n) is 28.6. The fraction of sp³-hybridized carbons (Fsp3) is 0.833.